The Balaban J connectivity index is 1.77. The summed E-state index contributed by atoms with van der Waals surface area (Å²) in [5, 5.41) is 2.73. The predicted molar refractivity (Wildman–Crippen MR) is 111 cm³/mol. The quantitative estimate of drug-likeness (QED) is 0.672. The van der Waals surface area contributed by atoms with E-state index < -0.39 is 18.0 Å². The van der Waals surface area contributed by atoms with E-state index in [1.54, 1.807) is 35.8 Å². The first-order valence-electron chi connectivity index (χ1n) is 9.40. The zero-order valence-corrected chi connectivity index (χ0v) is 16.9. The van der Waals surface area contributed by atoms with Crippen LogP contribution in [0.2, 0.25) is 0 Å². The van der Waals surface area contributed by atoms with Gasteiger partial charge >= 0.3 is 5.97 Å². The van der Waals surface area contributed by atoms with Crippen molar-refractivity contribution in [1.82, 2.24) is 9.55 Å². The highest BCUT2D eigenvalue weighted by Gasteiger charge is 2.20. The third-order valence-electron chi connectivity index (χ3n) is 4.60. The first kappa shape index (κ1) is 20.3. The van der Waals surface area contributed by atoms with E-state index in [2.05, 4.69) is 10.3 Å². The maximum absolute atomic E-state index is 12.5. The number of esters is 1. The SMILES string of the molecule is CCn1c(=O)c(C)nc2cc(C(=O)O[C@@H](C)C(=O)Nc3cccc(C)c3)ccc21. The zero-order valence-electron chi connectivity index (χ0n) is 16.9. The first-order chi connectivity index (χ1) is 13.8. The van der Waals surface area contributed by atoms with Crippen LogP contribution in [0.5, 0.6) is 0 Å². The summed E-state index contributed by atoms with van der Waals surface area (Å²) in [6.45, 7) is 7.44. The first-order valence-corrected chi connectivity index (χ1v) is 9.40. The molecule has 7 heteroatoms. The molecule has 150 valence electrons. The molecule has 0 radical (unpaired) electrons. The Morgan fingerprint density at radius 1 is 1.17 bits per heavy atom. The molecule has 0 fully saturated rings. The van der Waals surface area contributed by atoms with E-state index in [1.165, 1.54) is 6.92 Å². The summed E-state index contributed by atoms with van der Waals surface area (Å²) in [6.07, 6.45) is -0.974. The number of aryl methyl sites for hydroxylation is 3. The average Bonchev–Trinajstić information content (AvgIpc) is 2.68. The summed E-state index contributed by atoms with van der Waals surface area (Å²) in [5.74, 6) is -1.05. The Bertz CT molecular complexity index is 1150. The number of aromatic nitrogens is 2. The lowest BCUT2D eigenvalue weighted by molar-refractivity contribution is -0.123. The summed E-state index contributed by atoms with van der Waals surface area (Å²) < 4.78 is 6.91. The van der Waals surface area contributed by atoms with Crippen LogP contribution >= 0.6 is 0 Å². The Morgan fingerprint density at radius 2 is 1.93 bits per heavy atom. The minimum atomic E-state index is -0.974. The van der Waals surface area contributed by atoms with Crippen molar-refractivity contribution in [2.24, 2.45) is 0 Å². The second-order valence-corrected chi connectivity index (χ2v) is 6.86. The fraction of sp³-hybridized carbons (Fsp3) is 0.273. The highest BCUT2D eigenvalue weighted by molar-refractivity contribution is 5.98. The third kappa shape index (κ3) is 4.34. The Labute approximate surface area is 168 Å². The number of carbonyl (C=O) groups excluding carboxylic acids is 2. The normalized spacial score (nSPS) is 11.9. The van der Waals surface area contributed by atoms with E-state index in [1.807, 2.05) is 32.0 Å². The number of hydrogen-bond acceptors (Lipinski definition) is 5. The number of amides is 1. The zero-order chi connectivity index (χ0) is 21.1. The summed E-state index contributed by atoms with van der Waals surface area (Å²) in [6, 6.07) is 12.2. The van der Waals surface area contributed by atoms with Gasteiger partial charge in [-0.05, 0) is 63.6 Å². The molecule has 1 N–H and O–H groups in total. The minimum absolute atomic E-state index is 0.156. The third-order valence-corrected chi connectivity index (χ3v) is 4.60. The van der Waals surface area contributed by atoms with Crippen molar-refractivity contribution in [2.75, 3.05) is 5.32 Å². The van der Waals surface area contributed by atoms with Crippen LogP contribution < -0.4 is 10.9 Å². The molecule has 29 heavy (non-hydrogen) atoms. The monoisotopic (exact) mass is 393 g/mol. The molecule has 0 unspecified atom stereocenters. The van der Waals surface area contributed by atoms with Crippen LogP contribution in [0.1, 0.15) is 35.5 Å². The number of nitrogens with one attached hydrogen (secondary N) is 1. The number of ether oxygens (including phenoxy) is 1. The van der Waals surface area contributed by atoms with Crippen LogP contribution in [0.15, 0.2) is 47.3 Å². The molecule has 0 aliphatic carbocycles. The van der Waals surface area contributed by atoms with Gasteiger partial charge in [-0.1, -0.05) is 12.1 Å². The molecule has 3 aromatic rings. The van der Waals surface area contributed by atoms with Crippen molar-refractivity contribution in [3.05, 3.63) is 69.6 Å². The van der Waals surface area contributed by atoms with Crippen LogP contribution in [0.3, 0.4) is 0 Å². The van der Waals surface area contributed by atoms with Gasteiger partial charge in [0.2, 0.25) is 0 Å². The Kier molecular flexibility index (Phi) is 5.77. The van der Waals surface area contributed by atoms with Gasteiger partial charge < -0.3 is 14.6 Å². The van der Waals surface area contributed by atoms with Crippen molar-refractivity contribution >= 4 is 28.6 Å². The molecule has 0 saturated carbocycles. The van der Waals surface area contributed by atoms with Gasteiger partial charge in [0, 0.05) is 12.2 Å². The van der Waals surface area contributed by atoms with Crippen molar-refractivity contribution in [2.45, 2.75) is 40.3 Å². The van der Waals surface area contributed by atoms with E-state index in [0.29, 0.717) is 29.0 Å². The lowest BCUT2D eigenvalue weighted by atomic mass is 10.2. The van der Waals surface area contributed by atoms with Crippen molar-refractivity contribution < 1.29 is 14.3 Å². The standard InChI is InChI=1S/C22H23N3O4/c1-5-25-19-10-9-16(12-18(19)23-14(3)21(25)27)22(28)29-15(4)20(26)24-17-8-6-7-13(2)11-17/h6-12,15H,5H2,1-4H3,(H,24,26)/t15-/m0/s1. The smallest absolute Gasteiger partial charge is 0.338 e. The largest absolute Gasteiger partial charge is 0.449 e. The molecule has 7 nitrogen and oxygen atoms in total. The molecular formula is C22H23N3O4. The van der Waals surface area contributed by atoms with Gasteiger partial charge in [-0.15, -0.1) is 0 Å². The summed E-state index contributed by atoms with van der Waals surface area (Å²) in [4.78, 5) is 41.3. The highest BCUT2D eigenvalue weighted by Crippen LogP contribution is 2.16. The van der Waals surface area contributed by atoms with Crippen molar-refractivity contribution in [1.29, 1.82) is 0 Å². The van der Waals surface area contributed by atoms with Crippen molar-refractivity contribution in [3.8, 4) is 0 Å². The maximum atomic E-state index is 12.5. The molecule has 0 aliphatic rings. The highest BCUT2D eigenvalue weighted by atomic mass is 16.5. The Hall–Kier alpha value is -3.48. The summed E-state index contributed by atoms with van der Waals surface area (Å²) in [7, 11) is 0. The molecule has 0 saturated heterocycles. The van der Waals surface area contributed by atoms with Crippen molar-refractivity contribution in [3.63, 3.8) is 0 Å². The maximum Gasteiger partial charge on any atom is 0.338 e. The second-order valence-electron chi connectivity index (χ2n) is 6.86. The number of carbonyl (C=O) groups is 2. The molecule has 0 bridgehead atoms. The van der Waals surface area contributed by atoms with Crippen LogP contribution in [0.25, 0.3) is 11.0 Å². The Morgan fingerprint density at radius 3 is 2.62 bits per heavy atom. The molecule has 1 amide bonds. The number of nitrogens with zero attached hydrogens (tertiary/aromatic N) is 2. The van der Waals surface area contributed by atoms with E-state index in [-0.39, 0.29) is 11.1 Å². The number of anilines is 1. The van der Waals surface area contributed by atoms with Gasteiger partial charge in [-0.25, -0.2) is 9.78 Å². The molecule has 1 atom stereocenters. The molecule has 1 aromatic heterocycles. The summed E-state index contributed by atoms with van der Waals surface area (Å²) in [5.41, 5.74) is 3.28. The molecule has 3 rings (SSSR count). The molecule has 2 aromatic carbocycles. The molecular weight excluding hydrogens is 370 g/mol. The van der Waals surface area contributed by atoms with Crippen LogP contribution in [0, 0.1) is 13.8 Å². The fourth-order valence-electron chi connectivity index (χ4n) is 3.06. The van der Waals surface area contributed by atoms with Gasteiger partial charge in [-0.2, -0.15) is 0 Å². The molecule has 0 aliphatic heterocycles. The lowest BCUT2D eigenvalue weighted by Crippen LogP contribution is -2.30. The van der Waals surface area contributed by atoms with Crippen LogP contribution in [0.4, 0.5) is 5.69 Å². The van der Waals surface area contributed by atoms with Gasteiger partial charge in [0.05, 0.1) is 16.6 Å². The topological polar surface area (TPSA) is 90.3 Å². The molecule has 1 heterocycles. The van der Waals surface area contributed by atoms with E-state index in [0.717, 1.165) is 5.56 Å². The van der Waals surface area contributed by atoms with Gasteiger partial charge in [0.15, 0.2) is 6.10 Å². The van der Waals surface area contributed by atoms with E-state index in [9.17, 15) is 14.4 Å². The van der Waals surface area contributed by atoms with Gasteiger partial charge in [0.1, 0.15) is 5.69 Å². The van der Waals surface area contributed by atoms with Crippen LogP contribution in [-0.4, -0.2) is 27.5 Å². The second kappa shape index (κ2) is 8.26. The minimum Gasteiger partial charge on any atom is -0.449 e. The lowest BCUT2D eigenvalue weighted by Gasteiger charge is -2.14. The number of rotatable bonds is 5. The van der Waals surface area contributed by atoms with E-state index >= 15 is 0 Å². The van der Waals surface area contributed by atoms with E-state index in [4.69, 9.17) is 4.74 Å². The number of fused-ring (bicyclic) bond motifs is 1. The van der Waals surface area contributed by atoms with Gasteiger partial charge in [0.25, 0.3) is 11.5 Å². The van der Waals surface area contributed by atoms with Gasteiger partial charge in [-0.3, -0.25) is 9.59 Å². The fourth-order valence-corrected chi connectivity index (χ4v) is 3.06. The number of benzene rings is 2. The number of hydrogen-bond donors (Lipinski definition) is 1. The summed E-state index contributed by atoms with van der Waals surface area (Å²) >= 11 is 0. The van der Waals surface area contributed by atoms with Crippen LogP contribution in [-0.2, 0) is 16.1 Å². The predicted octanol–water partition coefficient (Wildman–Crippen LogP) is 3.22. The average molecular weight is 393 g/mol. The molecule has 0 spiro atoms.